The van der Waals surface area contributed by atoms with Crippen LogP contribution >= 0.6 is 22.7 Å². The lowest BCUT2D eigenvalue weighted by atomic mass is 10.2. The summed E-state index contributed by atoms with van der Waals surface area (Å²) in [5.74, 6) is -0.193. The highest BCUT2D eigenvalue weighted by molar-refractivity contribution is 7.14. The minimum absolute atomic E-state index is 0.0117. The van der Waals surface area contributed by atoms with Gasteiger partial charge in [0.1, 0.15) is 0 Å². The smallest absolute Gasteiger partial charge is 0.267 e. The molecule has 2 amide bonds. The summed E-state index contributed by atoms with van der Waals surface area (Å²) in [7, 11) is 1.77. The van der Waals surface area contributed by atoms with Gasteiger partial charge < -0.3 is 4.90 Å². The zero-order chi connectivity index (χ0) is 18.4. The summed E-state index contributed by atoms with van der Waals surface area (Å²) in [6, 6.07) is 9.34. The average molecular weight is 387 g/mol. The van der Waals surface area contributed by atoms with Gasteiger partial charge in [0.15, 0.2) is 5.13 Å². The van der Waals surface area contributed by atoms with E-state index in [1.165, 1.54) is 22.7 Å². The summed E-state index contributed by atoms with van der Waals surface area (Å²) in [5.41, 5.74) is 1.62. The number of anilines is 1. The summed E-state index contributed by atoms with van der Waals surface area (Å²) in [5, 5.41) is 6.91. The van der Waals surface area contributed by atoms with Gasteiger partial charge in [-0.2, -0.15) is 0 Å². The topological polar surface area (TPSA) is 75.2 Å². The fraction of sp³-hybridized carbons (Fsp3) is 0.222. The van der Waals surface area contributed by atoms with E-state index in [-0.39, 0.29) is 18.2 Å². The van der Waals surface area contributed by atoms with Crippen LogP contribution in [0.25, 0.3) is 0 Å². The Kier molecular flexibility index (Phi) is 6.08. The Hall–Kier alpha value is -2.58. The zero-order valence-corrected chi connectivity index (χ0v) is 15.8. The number of pyridine rings is 1. The fourth-order valence-electron chi connectivity index (χ4n) is 2.25. The van der Waals surface area contributed by atoms with Gasteiger partial charge in [-0.1, -0.05) is 12.1 Å². The molecule has 0 unspecified atom stereocenters. The van der Waals surface area contributed by atoms with E-state index in [4.69, 9.17) is 0 Å². The van der Waals surface area contributed by atoms with Gasteiger partial charge in [-0.25, -0.2) is 4.98 Å². The van der Waals surface area contributed by atoms with Crippen molar-refractivity contribution < 1.29 is 9.59 Å². The summed E-state index contributed by atoms with van der Waals surface area (Å²) in [4.78, 5) is 35.3. The first-order chi connectivity index (χ1) is 12.6. The lowest BCUT2D eigenvalue weighted by Crippen LogP contribution is -2.30. The van der Waals surface area contributed by atoms with E-state index in [2.05, 4.69) is 15.3 Å². The molecule has 0 aliphatic carbocycles. The van der Waals surface area contributed by atoms with Crippen LogP contribution in [0.5, 0.6) is 0 Å². The number of carbonyl (C=O) groups is 2. The third-order valence-corrected chi connectivity index (χ3v) is 5.38. The lowest BCUT2D eigenvalue weighted by Gasteiger charge is -2.16. The molecule has 0 spiro atoms. The number of hydrogen-bond acceptors (Lipinski definition) is 6. The van der Waals surface area contributed by atoms with E-state index in [9.17, 15) is 9.59 Å². The number of carbonyl (C=O) groups excluding carboxylic acids is 2. The highest BCUT2D eigenvalue weighted by Crippen LogP contribution is 2.18. The number of nitrogens with zero attached hydrogens (tertiary/aromatic N) is 3. The summed E-state index contributed by atoms with van der Waals surface area (Å²) in [6.07, 6.45) is 2.67. The molecular weight excluding hydrogens is 368 g/mol. The highest BCUT2D eigenvalue weighted by atomic mass is 32.1. The number of amides is 2. The lowest BCUT2D eigenvalue weighted by molar-refractivity contribution is -0.129. The maximum absolute atomic E-state index is 12.3. The highest BCUT2D eigenvalue weighted by Gasteiger charge is 2.14. The molecule has 3 heterocycles. The monoisotopic (exact) mass is 386 g/mol. The first-order valence-electron chi connectivity index (χ1n) is 8.05. The molecule has 134 valence electrons. The van der Waals surface area contributed by atoms with Crippen molar-refractivity contribution in [1.82, 2.24) is 14.9 Å². The molecular formula is C18H18N4O2S2. The van der Waals surface area contributed by atoms with Crippen molar-refractivity contribution in [3.63, 3.8) is 0 Å². The molecule has 3 rings (SSSR count). The minimum Gasteiger partial charge on any atom is -0.345 e. The molecule has 0 saturated carbocycles. The van der Waals surface area contributed by atoms with Gasteiger partial charge in [0, 0.05) is 37.3 Å². The maximum atomic E-state index is 12.3. The predicted octanol–water partition coefficient (Wildman–Crippen LogP) is 3.10. The van der Waals surface area contributed by atoms with Crippen LogP contribution in [0.2, 0.25) is 0 Å². The van der Waals surface area contributed by atoms with Crippen molar-refractivity contribution in [2.45, 2.75) is 12.8 Å². The van der Waals surface area contributed by atoms with Crippen molar-refractivity contribution in [3.8, 4) is 0 Å². The maximum Gasteiger partial charge on any atom is 0.267 e. The molecule has 0 bridgehead atoms. The zero-order valence-electron chi connectivity index (χ0n) is 14.2. The Labute approximate surface area is 159 Å². The average Bonchev–Trinajstić information content (AvgIpc) is 3.32. The second-order valence-corrected chi connectivity index (χ2v) is 7.44. The van der Waals surface area contributed by atoms with Crippen LogP contribution in [0.3, 0.4) is 0 Å². The summed E-state index contributed by atoms with van der Waals surface area (Å²) < 4.78 is 0. The molecule has 0 radical (unpaired) electrons. The van der Waals surface area contributed by atoms with Gasteiger partial charge in [0.25, 0.3) is 5.91 Å². The third-order valence-electron chi connectivity index (χ3n) is 3.70. The van der Waals surface area contributed by atoms with Gasteiger partial charge in [0.05, 0.1) is 17.0 Å². The number of likely N-dealkylation sites (N-methyl/N-ethyl adjacent to an activating group) is 1. The van der Waals surface area contributed by atoms with E-state index in [1.54, 1.807) is 29.6 Å². The van der Waals surface area contributed by atoms with Gasteiger partial charge in [-0.05, 0) is 23.6 Å². The minimum atomic E-state index is -0.181. The van der Waals surface area contributed by atoms with E-state index < -0.39 is 0 Å². The van der Waals surface area contributed by atoms with Crippen LogP contribution in [0.1, 0.15) is 21.1 Å². The van der Waals surface area contributed by atoms with Gasteiger partial charge in [-0.15, -0.1) is 22.7 Å². The quantitative estimate of drug-likeness (QED) is 0.677. The third kappa shape index (κ3) is 4.96. The number of rotatable bonds is 7. The summed E-state index contributed by atoms with van der Waals surface area (Å²) in [6.45, 7) is 0.599. The number of hydrogen-bond donors (Lipinski definition) is 1. The van der Waals surface area contributed by atoms with Crippen LogP contribution in [-0.4, -0.2) is 40.3 Å². The molecule has 0 aliphatic rings. The first-order valence-corrected chi connectivity index (χ1v) is 9.81. The molecule has 3 aromatic rings. The largest absolute Gasteiger partial charge is 0.345 e. The molecule has 0 fully saturated rings. The van der Waals surface area contributed by atoms with Crippen LogP contribution in [-0.2, 0) is 17.6 Å². The second kappa shape index (κ2) is 8.68. The Bertz CT molecular complexity index is 862. The van der Waals surface area contributed by atoms with E-state index >= 15 is 0 Å². The fourth-order valence-corrected chi connectivity index (χ4v) is 3.58. The van der Waals surface area contributed by atoms with Crippen LogP contribution < -0.4 is 5.32 Å². The van der Waals surface area contributed by atoms with Gasteiger partial charge in [0.2, 0.25) is 5.91 Å². The number of thiazole rings is 1. The van der Waals surface area contributed by atoms with Crippen molar-refractivity contribution in [2.24, 2.45) is 0 Å². The second-order valence-electron chi connectivity index (χ2n) is 5.64. The number of aromatic nitrogens is 2. The van der Waals surface area contributed by atoms with E-state index in [0.717, 1.165) is 5.69 Å². The standard InChI is InChI=1S/C18H18N4O2S2/c1-22(9-7-13-5-2-3-8-19-13)16(23)11-14-12-26-18(20-14)21-17(24)15-6-4-10-25-15/h2-6,8,10,12H,7,9,11H2,1H3,(H,20,21,24). The molecule has 6 nitrogen and oxygen atoms in total. The van der Waals surface area contributed by atoms with Crippen LogP contribution in [0.4, 0.5) is 5.13 Å². The van der Waals surface area contributed by atoms with Crippen LogP contribution in [0, 0.1) is 0 Å². The Balaban J connectivity index is 1.50. The molecule has 3 aromatic heterocycles. The molecule has 0 aromatic carbocycles. The normalized spacial score (nSPS) is 10.5. The molecule has 0 aliphatic heterocycles. The molecule has 0 atom stereocenters. The SMILES string of the molecule is CN(CCc1ccccn1)C(=O)Cc1csc(NC(=O)c2cccs2)n1. The number of nitrogens with one attached hydrogen (secondary N) is 1. The Morgan fingerprint density at radius 2 is 2.04 bits per heavy atom. The van der Waals surface area contributed by atoms with E-state index in [0.29, 0.717) is 28.7 Å². The van der Waals surface area contributed by atoms with Gasteiger partial charge >= 0.3 is 0 Å². The van der Waals surface area contributed by atoms with Gasteiger partial charge in [-0.3, -0.25) is 19.9 Å². The van der Waals surface area contributed by atoms with Crippen molar-refractivity contribution in [3.05, 3.63) is 63.6 Å². The van der Waals surface area contributed by atoms with Crippen molar-refractivity contribution in [2.75, 3.05) is 18.9 Å². The Morgan fingerprint density at radius 3 is 2.77 bits per heavy atom. The molecule has 26 heavy (non-hydrogen) atoms. The molecule has 0 saturated heterocycles. The van der Waals surface area contributed by atoms with Crippen LogP contribution in [0.15, 0.2) is 47.3 Å². The molecule has 1 N–H and O–H groups in total. The van der Waals surface area contributed by atoms with Crippen molar-refractivity contribution in [1.29, 1.82) is 0 Å². The predicted molar refractivity (Wildman–Crippen MR) is 104 cm³/mol. The van der Waals surface area contributed by atoms with Crippen molar-refractivity contribution >= 4 is 39.6 Å². The Morgan fingerprint density at radius 1 is 1.15 bits per heavy atom. The first kappa shape index (κ1) is 18.2. The summed E-state index contributed by atoms with van der Waals surface area (Å²) >= 11 is 2.69. The van der Waals surface area contributed by atoms with E-state index in [1.807, 2.05) is 29.6 Å². The molecule has 8 heteroatoms. The number of thiophene rings is 1.